The molecule has 0 radical (unpaired) electrons. The SMILES string of the molecule is CC(=O)N1CCC(CC(=O)N2CCN(C(c3ccccc3)c3ccc(OC(F)(F)F)cc3)C[C@@H]2C(C)(C)C)CC1.S=S=S=S=S=S=S=S=S=S=S=S=S=S=S=S=S=S=S=S=S=S=S=S=S=S=S=S=S=S=S=S=S=S=S=S=S=S=S=S=S=S=S=S=S=S=S=S=S=S=S=S=S=S=S=S=S=S=S=S=S=S=S=S=S=S=S=S=S=S=S=S=S=S=S=S=S=S=S=S=S=S=S=S=S=S=S=S=S=S=S=S=S=S=S=S=S=S=S=S=S=S=S=S=S. The van der Waals surface area contributed by atoms with Crippen molar-refractivity contribution in [3.8, 4) is 5.75 Å². The summed E-state index contributed by atoms with van der Waals surface area (Å²) in [4.78, 5) is 31.5. The Morgan fingerprint density at radius 3 is 0.641 bits per heavy atom. The molecule has 6 nitrogen and oxygen atoms in total. The highest BCUT2D eigenvalue weighted by atomic mass is 33.6. The van der Waals surface area contributed by atoms with Gasteiger partial charge in [0, 0.05) is 989 Å². The fourth-order valence-corrected chi connectivity index (χ4v) is 284. The van der Waals surface area contributed by atoms with E-state index in [0.29, 0.717) is 39.1 Å². The molecule has 0 spiro atoms. The van der Waals surface area contributed by atoms with Crippen LogP contribution in [0.4, 0.5) is 13.2 Å². The van der Waals surface area contributed by atoms with Crippen LogP contribution in [-0.2, 0) is 947 Å². The Balaban J connectivity index is 0.00000111. The molecule has 2 amide bonds. The topological polar surface area (TPSA) is 53.1 Å². The molecule has 145 heavy (non-hydrogen) atoms. The van der Waals surface area contributed by atoms with Crippen molar-refractivity contribution >= 4 is 949 Å². The van der Waals surface area contributed by atoms with Gasteiger partial charge in [-0.05, 0) is 47.4 Å². The highest BCUT2D eigenvalue weighted by molar-refractivity contribution is 8.88. The summed E-state index contributed by atoms with van der Waals surface area (Å²) < 4.78 is 42.3. The van der Waals surface area contributed by atoms with Crippen LogP contribution in [0, 0.1) is 11.3 Å². The van der Waals surface area contributed by atoms with Gasteiger partial charge in [-0.2, -0.15) is 0 Å². The fraction of sp³-hybridized carbons (Fsp3) is 0.548. The summed E-state index contributed by atoms with van der Waals surface area (Å²) in [6.07, 6.45) is -2.57. The van der Waals surface area contributed by atoms with Crippen molar-refractivity contribution in [2.45, 2.75) is 65.4 Å². The van der Waals surface area contributed by atoms with Gasteiger partial charge in [-0.25, -0.2) is 0 Å². The number of rotatable bonds is 6. The third-order valence-electron chi connectivity index (χ3n) is 11.0. The van der Waals surface area contributed by atoms with E-state index >= 15 is 0 Å². The first-order valence-electron chi connectivity index (χ1n) is 31.3. The second-order valence-electron chi connectivity index (χ2n) is 19.1. The van der Waals surface area contributed by atoms with E-state index in [1.54, 1.807) is 126 Å². The minimum atomic E-state index is -4.74. The molecule has 114 heteroatoms. The lowest BCUT2D eigenvalue weighted by Crippen LogP contribution is -2.60. The number of nitrogens with zero attached hydrogens (tertiary/aromatic N) is 3. The van der Waals surface area contributed by atoms with E-state index in [9.17, 15) is 22.8 Å². The lowest BCUT2D eigenvalue weighted by atomic mass is 9.82. The Morgan fingerprint density at radius 2 is 0.469 bits per heavy atom. The summed E-state index contributed by atoms with van der Waals surface area (Å²) >= 11 is 9.66. The quantitative estimate of drug-likeness (QED) is 0.375. The largest absolute Gasteiger partial charge is 0.573 e. The zero-order valence-corrected chi connectivity index (χ0v) is 152. The molecule has 848 valence electrons. The number of hydrogen-bond donors (Lipinski definition) is 0. The van der Waals surface area contributed by atoms with Crippen molar-refractivity contribution in [1.82, 2.24) is 14.7 Å². The van der Waals surface area contributed by atoms with Gasteiger partial charge >= 0.3 is 6.36 Å². The molecule has 2 heterocycles. The van der Waals surface area contributed by atoms with Crippen molar-refractivity contribution in [1.29, 1.82) is 0 Å². The number of amides is 2. The van der Waals surface area contributed by atoms with E-state index in [1.165, 1.54) is 29.9 Å². The van der Waals surface area contributed by atoms with Crippen LogP contribution in [0.1, 0.15) is 64.1 Å². The number of ether oxygens (including phenoxy) is 1. The second kappa shape index (κ2) is 126. The molecule has 0 N–H and O–H groups in total. The minimum absolute atomic E-state index is 0.0369. The lowest BCUT2D eigenvalue weighted by Gasteiger charge is -2.50. The van der Waals surface area contributed by atoms with Crippen molar-refractivity contribution in [2.75, 3.05) is 32.7 Å². The number of hydrogen-bond acceptors (Lipinski definition) is 6. The van der Waals surface area contributed by atoms with Gasteiger partial charge in [-0.3, -0.25) is 14.5 Å². The van der Waals surface area contributed by atoms with Gasteiger partial charge in [-0.1, -0.05) is 63.2 Å². The fourth-order valence-electron chi connectivity index (χ4n) is 7.14. The molecule has 0 aliphatic carbocycles. The number of piperidine rings is 1. The van der Waals surface area contributed by atoms with Gasteiger partial charge in [0.15, 0.2) is 0 Å². The molecule has 0 aromatic heterocycles. The number of halogens is 3. The van der Waals surface area contributed by atoms with Gasteiger partial charge in [-0.15, -0.1) is 13.2 Å². The Hall–Kier alpha value is 20.0. The zero-order valence-electron chi connectivity index (χ0n) is 66.7. The molecule has 2 atom stereocenters. The number of carbonyl (C=O) groups excluding carboxylic acids is 2. The monoisotopic (exact) mass is 3920 g/mol. The average molecular weight is 3930 g/mol. The van der Waals surface area contributed by atoms with Gasteiger partial charge in [0.05, 0.1) is 6.04 Å². The number of piperazine rings is 1. The highest BCUT2D eigenvalue weighted by Crippen LogP contribution is 2.37. The van der Waals surface area contributed by atoms with Crippen LogP contribution in [0.3, 0.4) is 0 Å². The standard InChI is InChI=1S/C31H40F3N3O3.S105/c1-22(38)35-16-14-23(15-17-35)20-28(39)37-19-18-36(21-27(37)30(2,3)4)29(24-8-6-5-7-9-24)25-10-12-26(13-11-25)40-31(32,33)34;1-3-5-7-9-11-13-15-17-19-21-23-25-27-29-31-33-35-37-39-41-43-45-47-49-51-53-55-57-59-61-63-65-67-69-71-73-75-77-79-81-83-85-87-89-91-93-95-97-99-101-103-105-104-102-100-98-96-94-92-90-88-86-84-82-80-78-76-74-72-70-68-66-64-62-60-58-56-54-52-50-48-46-44-42-40-38-36-34-32-30-28-26-24-22-20-18-16-14-12-10-8-6-4-2/h5-13,23,27,29H,14-21H2,1-4H3;/t27-,29?;/m1./s1. The first-order chi connectivity index (χ1) is 71.2. The molecule has 2 fully saturated rings. The maximum Gasteiger partial charge on any atom is 0.573 e. The molecule has 0 saturated carbocycles. The molecule has 2 aromatic rings. The van der Waals surface area contributed by atoms with Gasteiger partial charge < -0.3 is 14.5 Å². The number of likely N-dealkylation sites (tertiary alicyclic amines) is 1. The first-order valence-corrected chi connectivity index (χ1v) is 170. The van der Waals surface area contributed by atoms with Crippen molar-refractivity contribution in [3.05, 3.63) is 65.7 Å². The third-order valence-corrected chi connectivity index (χ3v) is 238. The van der Waals surface area contributed by atoms with Crippen LogP contribution >= 0.6 is 0 Å². The van der Waals surface area contributed by atoms with Crippen LogP contribution in [0.5, 0.6) is 5.75 Å². The van der Waals surface area contributed by atoms with E-state index in [2.05, 4.69) is 30.4 Å². The van der Waals surface area contributed by atoms with E-state index in [-0.39, 0.29) is 41.0 Å². The molecular weight excluding hydrogens is 3890 g/mol. The van der Waals surface area contributed by atoms with Crippen LogP contribution in [-0.4, -0.2) is 71.6 Å². The van der Waals surface area contributed by atoms with Crippen molar-refractivity contribution in [2.24, 2.45) is 11.3 Å². The summed E-state index contributed by atoms with van der Waals surface area (Å²) in [6.45, 7) is 11.3. The molecule has 4 rings (SSSR count). The second-order valence-corrected chi connectivity index (χ2v) is 201. The first kappa shape index (κ1) is 159. The predicted molar refractivity (Wildman–Crippen MR) is 921 cm³/mol. The molecule has 1 unspecified atom stereocenters. The highest BCUT2D eigenvalue weighted by Gasteiger charge is 2.41. The van der Waals surface area contributed by atoms with Gasteiger partial charge in [0.2, 0.25) is 11.8 Å². The number of benzene rings is 2. The third kappa shape index (κ3) is 110. The lowest BCUT2D eigenvalue weighted by molar-refractivity contribution is -0.274. The maximum atomic E-state index is 13.6. The Kier molecular flexibility index (Phi) is 138. The normalized spacial score (nSPS) is 11.3. The van der Waals surface area contributed by atoms with Gasteiger partial charge in [0.25, 0.3) is 0 Å². The predicted octanol–water partition coefficient (Wildman–Crippen LogP) is 5.63. The van der Waals surface area contributed by atoms with E-state index in [1.807, 2.05) is 830 Å². The van der Waals surface area contributed by atoms with Crippen LogP contribution in [0.2, 0.25) is 0 Å². The molecule has 2 saturated heterocycles. The van der Waals surface area contributed by atoms with Gasteiger partial charge in [0.1, 0.15) is 5.75 Å². The Labute approximate surface area is 1140 Å². The van der Waals surface area contributed by atoms with Crippen molar-refractivity contribution < 1.29 is 27.5 Å². The van der Waals surface area contributed by atoms with E-state index in [4.69, 9.17) is 22.4 Å². The molecule has 2 aliphatic heterocycles. The van der Waals surface area contributed by atoms with Crippen LogP contribution < -0.4 is 4.74 Å². The van der Waals surface area contributed by atoms with E-state index < -0.39 is 6.36 Å². The number of carbonyl (C=O) groups is 2. The summed E-state index contributed by atoms with van der Waals surface area (Å²) in [5.41, 5.74) is 1.72. The summed E-state index contributed by atoms with van der Waals surface area (Å²) in [5.74, 6) is 0.270. The minimum Gasteiger partial charge on any atom is -0.406 e. The van der Waals surface area contributed by atoms with E-state index in [0.717, 1.165) is 24.0 Å². The molecular formula is C31H40F3N3O3S105. The summed E-state index contributed by atoms with van der Waals surface area (Å²) in [6, 6.07) is 15.8. The van der Waals surface area contributed by atoms with Crippen LogP contribution in [0.25, 0.3) is 0 Å². The van der Waals surface area contributed by atoms with Crippen LogP contribution in [0.15, 0.2) is 54.6 Å². The van der Waals surface area contributed by atoms with Crippen molar-refractivity contribution in [3.63, 3.8) is 0 Å². The smallest absolute Gasteiger partial charge is 0.406 e. The maximum absolute atomic E-state index is 13.6. The Bertz CT molecular complexity index is 9930. The molecule has 2 aromatic carbocycles. The Morgan fingerprint density at radius 1 is 0.283 bits per heavy atom. The average Bonchev–Trinajstić information content (AvgIpc) is 0.776. The number of alkyl halides is 3. The zero-order chi connectivity index (χ0) is 104. The summed E-state index contributed by atoms with van der Waals surface area (Å²) in [5, 5.41) is 0. The summed E-state index contributed by atoms with van der Waals surface area (Å²) in [7, 11) is 187. The molecule has 0 bridgehead atoms. The molecule has 2 aliphatic rings.